The number of nitrogens with one attached hydrogen (secondary N) is 1. The van der Waals surface area contributed by atoms with Crippen molar-refractivity contribution in [2.75, 3.05) is 11.1 Å². The molecule has 0 spiro atoms. The number of thiophene rings is 1. The van der Waals surface area contributed by atoms with Crippen molar-refractivity contribution in [3.8, 4) is 22.5 Å². The zero-order chi connectivity index (χ0) is 22.7. The van der Waals surface area contributed by atoms with Crippen LogP contribution in [0.1, 0.15) is 17.4 Å². The van der Waals surface area contributed by atoms with Crippen LogP contribution in [0.5, 0.6) is 0 Å². The SMILES string of the molecule is CCn1c(SCC(=O)Nc2ccc(Br)cc2)nnc1-c1csc(C)c1-c1ccc(C)cc1. The fraction of sp³-hybridized carbons (Fsp3) is 0.208. The van der Waals surface area contributed by atoms with E-state index in [9.17, 15) is 4.79 Å². The summed E-state index contributed by atoms with van der Waals surface area (Å²) in [6.45, 7) is 7.03. The number of aromatic nitrogens is 3. The van der Waals surface area contributed by atoms with Crippen LogP contribution >= 0.6 is 39.0 Å². The number of carbonyl (C=O) groups is 1. The summed E-state index contributed by atoms with van der Waals surface area (Å²) < 4.78 is 3.05. The Kier molecular flexibility index (Phi) is 7.13. The molecule has 0 radical (unpaired) electrons. The van der Waals surface area contributed by atoms with Gasteiger partial charge in [-0.25, -0.2) is 0 Å². The minimum Gasteiger partial charge on any atom is -0.325 e. The van der Waals surface area contributed by atoms with Gasteiger partial charge in [0.2, 0.25) is 5.91 Å². The Balaban J connectivity index is 1.54. The number of anilines is 1. The molecule has 4 aromatic rings. The van der Waals surface area contributed by atoms with E-state index in [4.69, 9.17) is 0 Å². The highest BCUT2D eigenvalue weighted by molar-refractivity contribution is 9.10. The Morgan fingerprint density at radius 1 is 1.09 bits per heavy atom. The van der Waals surface area contributed by atoms with Crippen molar-refractivity contribution >= 4 is 50.6 Å². The summed E-state index contributed by atoms with van der Waals surface area (Å²) in [7, 11) is 0. The van der Waals surface area contributed by atoms with Gasteiger partial charge in [-0.3, -0.25) is 4.79 Å². The quantitative estimate of drug-likeness (QED) is 0.269. The highest BCUT2D eigenvalue weighted by Gasteiger charge is 2.20. The highest BCUT2D eigenvalue weighted by atomic mass is 79.9. The van der Waals surface area contributed by atoms with Crippen molar-refractivity contribution in [2.45, 2.75) is 32.5 Å². The van der Waals surface area contributed by atoms with Gasteiger partial charge < -0.3 is 9.88 Å². The van der Waals surface area contributed by atoms with E-state index in [0.717, 1.165) is 33.2 Å². The molecule has 2 heterocycles. The second-order valence-corrected chi connectivity index (χ2v) is 10.3. The van der Waals surface area contributed by atoms with Crippen LogP contribution in [0.4, 0.5) is 5.69 Å². The van der Waals surface area contributed by atoms with Crippen molar-refractivity contribution < 1.29 is 4.79 Å². The van der Waals surface area contributed by atoms with Crippen LogP contribution in [0.3, 0.4) is 0 Å². The first kappa shape index (κ1) is 22.8. The second kappa shape index (κ2) is 10.0. The number of hydrogen-bond donors (Lipinski definition) is 1. The zero-order valence-electron chi connectivity index (χ0n) is 18.1. The summed E-state index contributed by atoms with van der Waals surface area (Å²) in [6.07, 6.45) is 0. The molecule has 8 heteroatoms. The van der Waals surface area contributed by atoms with E-state index in [-0.39, 0.29) is 11.7 Å². The largest absolute Gasteiger partial charge is 0.325 e. The minimum absolute atomic E-state index is 0.0729. The molecule has 0 aliphatic heterocycles. The number of aryl methyl sites for hydroxylation is 2. The third-order valence-electron chi connectivity index (χ3n) is 5.05. The Labute approximate surface area is 204 Å². The van der Waals surface area contributed by atoms with Crippen molar-refractivity contribution in [3.05, 3.63) is 68.8 Å². The maximum absolute atomic E-state index is 12.4. The molecule has 0 saturated carbocycles. The number of amides is 1. The lowest BCUT2D eigenvalue weighted by molar-refractivity contribution is -0.113. The van der Waals surface area contributed by atoms with E-state index in [2.05, 4.69) is 86.4 Å². The van der Waals surface area contributed by atoms with E-state index in [1.165, 1.54) is 33.3 Å². The van der Waals surface area contributed by atoms with E-state index in [0.29, 0.717) is 0 Å². The van der Waals surface area contributed by atoms with Gasteiger partial charge in [-0.1, -0.05) is 57.5 Å². The van der Waals surface area contributed by atoms with Gasteiger partial charge in [0.25, 0.3) is 0 Å². The molecule has 0 unspecified atom stereocenters. The van der Waals surface area contributed by atoms with Gasteiger partial charge in [-0.15, -0.1) is 21.5 Å². The number of rotatable bonds is 7. The number of hydrogen-bond acceptors (Lipinski definition) is 5. The average Bonchev–Trinajstić information content (AvgIpc) is 3.37. The normalized spacial score (nSPS) is 11.0. The first-order chi connectivity index (χ1) is 15.5. The molecule has 0 aliphatic carbocycles. The van der Waals surface area contributed by atoms with Crippen LogP contribution in [-0.2, 0) is 11.3 Å². The number of thioether (sulfide) groups is 1. The van der Waals surface area contributed by atoms with E-state index in [1.807, 2.05) is 24.3 Å². The van der Waals surface area contributed by atoms with Crippen LogP contribution in [0, 0.1) is 13.8 Å². The van der Waals surface area contributed by atoms with Gasteiger partial charge in [-0.05, 0) is 50.6 Å². The van der Waals surface area contributed by atoms with Crippen LogP contribution in [0.15, 0.2) is 63.5 Å². The molecular formula is C24H23BrN4OS2. The molecule has 1 amide bonds. The van der Waals surface area contributed by atoms with E-state index < -0.39 is 0 Å². The smallest absolute Gasteiger partial charge is 0.234 e. The Bertz CT molecular complexity index is 1230. The monoisotopic (exact) mass is 526 g/mol. The summed E-state index contributed by atoms with van der Waals surface area (Å²) in [5, 5.41) is 14.7. The number of carbonyl (C=O) groups excluding carboxylic acids is 1. The average molecular weight is 528 g/mol. The van der Waals surface area contributed by atoms with Gasteiger partial charge in [0, 0.05) is 38.1 Å². The van der Waals surface area contributed by atoms with Gasteiger partial charge >= 0.3 is 0 Å². The molecule has 4 rings (SSSR count). The van der Waals surface area contributed by atoms with Gasteiger partial charge in [-0.2, -0.15) is 0 Å². The lowest BCUT2D eigenvalue weighted by atomic mass is 10.0. The highest BCUT2D eigenvalue weighted by Crippen LogP contribution is 2.39. The number of halogens is 1. The maximum Gasteiger partial charge on any atom is 0.234 e. The predicted molar refractivity (Wildman–Crippen MR) is 137 cm³/mol. The van der Waals surface area contributed by atoms with Crippen molar-refractivity contribution in [2.24, 2.45) is 0 Å². The Morgan fingerprint density at radius 3 is 2.50 bits per heavy atom. The number of nitrogens with zero attached hydrogens (tertiary/aromatic N) is 3. The van der Waals surface area contributed by atoms with Gasteiger partial charge in [0.15, 0.2) is 11.0 Å². The van der Waals surface area contributed by atoms with Crippen molar-refractivity contribution in [1.29, 1.82) is 0 Å². The summed E-state index contributed by atoms with van der Waals surface area (Å²) in [5.74, 6) is 1.03. The van der Waals surface area contributed by atoms with Crippen LogP contribution < -0.4 is 5.32 Å². The Morgan fingerprint density at radius 2 is 1.81 bits per heavy atom. The molecule has 0 bridgehead atoms. The summed E-state index contributed by atoms with van der Waals surface area (Å²) >= 11 is 6.52. The standard InChI is InChI=1S/C24H23BrN4OS2/c1-4-29-23(20-13-31-16(3)22(20)17-7-5-15(2)6-8-17)27-28-24(29)32-14-21(30)26-19-11-9-18(25)10-12-19/h5-13H,4,14H2,1-3H3,(H,26,30). The van der Waals surface area contributed by atoms with Gasteiger partial charge in [0.05, 0.1) is 5.75 Å². The van der Waals surface area contributed by atoms with E-state index in [1.54, 1.807) is 11.3 Å². The summed E-state index contributed by atoms with van der Waals surface area (Å²) in [6, 6.07) is 16.1. The molecule has 164 valence electrons. The first-order valence-electron chi connectivity index (χ1n) is 10.2. The third-order valence-corrected chi connectivity index (χ3v) is 7.46. The topological polar surface area (TPSA) is 59.8 Å². The Hall–Kier alpha value is -2.42. The molecule has 0 fully saturated rings. The predicted octanol–water partition coefficient (Wildman–Crippen LogP) is 6.80. The molecule has 0 atom stereocenters. The van der Waals surface area contributed by atoms with Crippen LogP contribution in [-0.4, -0.2) is 26.4 Å². The van der Waals surface area contributed by atoms with Gasteiger partial charge in [0.1, 0.15) is 0 Å². The lowest BCUT2D eigenvalue weighted by Crippen LogP contribution is -2.14. The fourth-order valence-corrected chi connectivity index (χ4v) is 5.37. The molecule has 1 N–H and O–H groups in total. The van der Waals surface area contributed by atoms with Crippen molar-refractivity contribution in [3.63, 3.8) is 0 Å². The first-order valence-corrected chi connectivity index (χ1v) is 12.9. The summed E-state index contributed by atoms with van der Waals surface area (Å²) in [4.78, 5) is 13.7. The lowest BCUT2D eigenvalue weighted by Gasteiger charge is -2.10. The van der Waals surface area contributed by atoms with Crippen molar-refractivity contribution in [1.82, 2.24) is 14.8 Å². The molecular weight excluding hydrogens is 504 g/mol. The molecule has 2 aromatic carbocycles. The minimum atomic E-state index is -0.0729. The third kappa shape index (κ3) is 4.98. The molecule has 0 aliphatic rings. The zero-order valence-corrected chi connectivity index (χ0v) is 21.3. The molecule has 0 saturated heterocycles. The van der Waals surface area contributed by atoms with Crippen LogP contribution in [0.25, 0.3) is 22.5 Å². The second-order valence-electron chi connectivity index (χ2n) is 7.34. The number of benzene rings is 2. The molecule has 32 heavy (non-hydrogen) atoms. The van der Waals surface area contributed by atoms with E-state index >= 15 is 0 Å². The fourth-order valence-electron chi connectivity index (χ4n) is 3.44. The summed E-state index contributed by atoms with van der Waals surface area (Å²) in [5.41, 5.74) is 5.46. The molecule has 5 nitrogen and oxygen atoms in total. The van der Waals surface area contributed by atoms with Crippen LogP contribution in [0.2, 0.25) is 0 Å². The molecule has 2 aromatic heterocycles. The maximum atomic E-state index is 12.4.